The van der Waals surface area contributed by atoms with Crippen LogP contribution >= 0.6 is 0 Å². The molecule has 1 rings (SSSR count). The average Bonchev–Trinajstić information content (AvgIpc) is 2.22. The van der Waals surface area contributed by atoms with Crippen molar-refractivity contribution in [2.45, 2.75) is 12.8 Å². The summed E-state index contributed by atoms with van der Waals surface area (Å²) in [6.07, 6.45) is 3.45. The molecule has 4 heteroatoms. The minimum Gasteiger partial charge on any atom is -0.369 e. The SMILES string of the molecule is N#CCc1cc(C=CCC(N)=O)ccc1F. The third kappa shape index (κ3) is 3.54. The lowest BCUT2D eigenvalue weighted by Crippen LogP contribution is -2.07. The molecule has 0 radical (unpaired) electrons. The highest BCUT2D eigenvalue weighted by Gasteiger charge is 2.01. The Morgan fingerprint density at radius 3 is 2.94 bits per heavy atom. The normalized spacial score (nSPS) is 10.2. The van der Waals surface area contributed by atoms with Crippen LogP contribution in [0.2, 0.25) is 0 Å². The lowest BCUT2D eigenvalue weighted by Gasteiger charge is -1.99. The van der Waals surface area contributed by atoms with Crippen LogP contribution in [0.15, 0.2) is 24.3 Å². The molecule has 1 aromatic rings. The van der Waals surface area contributed by atoms with Gasteiger partial charge in [-0.05, 0) is 17.7 Å². The Kier molecular flexibility index (Phi) is 4.22. The maximum Gasteiger partial charge on any atom is 0.221 e. The molecule has 0 heterocycles. The first kappa shape index (κ1) is 11.9. The van der Waals surface area contributed by atoms with Crippen LogP contribution in [-0.4, -0.2) is 5.91 Å². The van der Waals surface area contributed by atoms with Gasteiger partial charge in [-0.1, -0.05) is 18.2 Å². The maximum atomic E-state index is 13.2. The van der Waals surface area contributed by atoms with Crippen molar-refractivity contribution >= 4 is 12.0 Å². The lowest BCUT2D eigenvalue weighted by atomic mass is 10.1. The molecular formula is C12H11FN2O. The monoisotopic (exact) mass is 218 g/mol. The van der Waals surface area contributed by atoms with Crippen LogP contribution in [0.5, 0.6) is 0 Å². The largest absolute Gasteiger partial charge is 0.369 e. The molecule has 82 valence electrons. The van der Waals surface area contributed by atoms with Gasteiger partial charge in [0.25, 0.3) is 0 Å². The highest BCUT2D eigenvalue weighted by molar-refractivity contribution is 5.76. The van der Waals surface area contributed by atoms with Gasteiger partial charge < -0.3 is 5.73 Å². The summed E-state index contributed by atoms with van der Waals surface area (Å²) in [5.74, 6) is -0.816. The molecule has 1 amide bonds. The van der Waals surface area contributed by atoms with Gasteiger partial charge in [0.15, 0.2) is 0 Å². The highest BCUT2D eigenvalue weighted by Crippen LogP contribution is 2.12. The first-order valence-corrected chi connectivity index (χ1v) is 4.73. The van der Waals surface area contributed by atoms with E-state index in [0.29, 0.717) is 5.56 Å². The lowest BCUT2D eigenvalue weighted by molar-refractivity contribution is -0.117. The van der Waals surface area contributed by atoms with Crippen molar-refractivity contribution in [2.75, 3.05) is 0 Å². The van der Waals surface area contributed by atoms with E-state index in [2.05, 4.69) is 0 Å². The Hall–Kier alpha value is -2.15. The third-order valence-corrected chi connectivity index (χ3v) is 1.97. The molecule has 0 atom stereocenters. The van der Waals surface area contributed by atoms with Crippen molar-refractivity contribution in [2.24, 2.45) is 5.73 Å². The van der Waals surface area contributed by atoms with E-state index in [9.17, 15) is 9.18 Å². The number of hydrogen-bond acceptors (Lipinski definition) is 2. The number of primary amides is 1. The molecule has 0 saturated carbocycles. The molecule has 0 aliphatic carbocycles. The van der Waals surface area contributed by atoms with Gasteiger partial charge in [0.1, 0.15) is 5.82 Å². The van der Waals surface area contributed by atoms with E-state index in [1.807, 2.05) is 6.07 Å². The zero-order chi connectivity index (χ0) is 12.0. The molecule has 2 N–H and O–H groups in total. The molecule has 1 aromatic carbocycles. The summed E-state index contributed by atoms with van der Waals surface area (Å²) in [6.45, 7) is 0. The van der Waals surface area contributed by atoms with Crippen molar-refractivity contribution < 1.29 is 9.18 Å². The van der Waals surface area contributed by atoms with Gasteiger partial charge in [-0.25, -0.2) is 4.39 Å². The third-order valence-electron chi connectivity index (χ3n) is 1.97. The molecule has 0 spiro atoms. The van der Waals surface area contributed by atoms with Crippen LogP contribution < -0.4 is 5.73 Å². The van der Waals surface area contributed by atoms with E-state index < -0.39 is 11.7 Å². The number of hydrogen-bond donors (Lipinski definition) is 1. The van der Waals surface area contributed by atoms with E-state index in [0.717, 1.165) is 5.56 Å². The Morgan fingerprint density at radius 2 is 2.31 bits per heavy atom. The smallest absolute Gasteiger partial charge is 0.221 e. The van der Waals surface area contributed by atoms with Crippen molar-refractivity contribution in [3.8, 4) is 6.07 Å². The number of nitrogens with two attached hydrogens (primary N) is 1. The zero-order valence-corrected chi connectivity index (χ0v) is 8.61. The minimum absolute atomic E-state index is 0.0311. The van der Waals surface area contributed by atoms with E-state index in [1.54, 1.807) is 24.3 Å². The van der Waals surface area contributed by atoms with Crippen LogP contribution in [0.4, 0.5) is 4.39 Å². The summed E-state index contributed by atoms with van der Waals surface area (Å²) in [4.78, 5) is 10.5. The van der Waals surface area contributed by atoms with Crippen LogP contribution in [-0.2, 0) is 11.2 Å². The fourth-order valence-corrected chi connectivity index (χ4v) is 1.23. The highest BCUT2D eigenvalue weighted by atomic mass is 19.1. The number of carbonyl (C=O) groups is 1. The summed E-state index contributed by atoms with van der Waals surface area (Å²) >= 11 is 0. The fraction of sp³-hybridized carbons (Fsp3) is 0.167. The minimum atomic E-state index is -0.421. The molecule has 0 bridgehead atoms. The Balaban J connectivity index is 2.83. The van der Waals surface area contributed by atoms with Gasteiger partial charge >= 0.3 is 0 Å². The number of nitriles is 1. The number of nitrogens with zero attached hydrogens (tertiary/aromatic N) is 1. The number of halogens is 1. The second kappa shape index (κ2) is 5.66. The quantitative estimate of drug-likeness (QED) is 0.837. The van der Waals surface area contributed by atoms with Gasteiger partial charge in [-0.15, -0.1) is 0 Å². The summed E-state index contributed by atoms with van der Waals surface area (Å²) in [5, 5.41) is 8.49. The number of carbonyl (C=O) groups excluding carboxylic acids is 1. The maximum absolute atomic E-state index is 13.2. The second-order valence-corrected chi connectivity index (χ2v) is 3.26. The Labute approximate surface area is 93.0 Å². The molecule has 0 aliphatic heterocycles. The van der Waals surface area contributed by atoms with Gasteiger partial charge in [-0.2, -0.15) is 5.26 Å². The fourth-order valence-electron chi connectivity index (χ4n) is 1.23. The van der Waals surface area contributed by atoms with E-state index in [1.165, 1.54) is 6.07 Å². The predicted molar refractivity (Wildman–Crippen MR) is 58.6 cm³/mol. The standard InChI is InChI=1S/C12H11FN2O/c13-11-5-4-9(2-1-3-12(15)16)8-10(11)6-7-14/h1-2,4-5,8H,3,6H2,(H2,15,16). The summed E-state index contributed by atoms with van der Waals surface area (Å²) in [5.41, 5.74) is 6.06. The molecule has 0 aromatic heterocycles. The summed E-state index contributed by atoms with van der Waals surface area (Å²) in [6, 6.07) is 6.35. The first-order valence-electron chi connectivity index (χ1n) is 4.73. The molecule has 0 fully saturated rings. The Morgan fingerprint density at radius 1 is 1.56 bits per heavy atom. The van der Waals surface area contributed by atoms with E-state index in [-0.39, 0.29) is 12.8 Å². The number of amides is 1. The molecule has 0 unspecified atom stereocenters. The van der Waals surface area contributed by atoms with Gasteiger partial charge in [-0.3, -0.25) is 4.79 Å². The van der Waals surface area contributed by atoms with Crippen molar-refractivity contribution in [1.29, 1.82) is 5.26 Å². The van der Waals surface area contributed by atoms with Gasteiger partial charge in [0.2, 0.25) is 5.91 Å². The van der Waals surface area contributed by atoms with E-state index >= 15 is 0 Å². The van der Waals surface area contributed by atoms with Crippen molar-refractivity contribution in [3.63, 3.8) is 0 Å². The zero-order valence-electron chi connectivity index (χ0n) is 8.61. The van der Waals surface area contributed by atoms with Crippen LogP contribution in [0, 0.1) is 17.1 Å². The van der Waals surface area contributed by atoms with Crippen LogP contribution in [0.3, 0.4) is 0 Å². The molecular weight excluding hydrogens is 207 g/mol. The Bertz CT molecular complexity index is 461. The van der Waals surface area contributed by atoms with E-state index in [4.69, 9.17) is 11.0 Å². The van der Waals surface area contributed by atoms with Crippen molar-refractivity contribution in [3.05, 3.63) is 41.2 Å². The van der Waals surface area contributed by atoms with Crippen molar-refractivity contribution in [1.82, 2.24) is 0 Å². The van der Waals surface area contributed by atoms with Gasteiger partial charge in [0, 0.05) is 12.0 Å². The first-order chi connectivity index (χ1) is 7.63. The van der Waals surface area contributed by atoms with Crippen LogP contribution in [0.1, 0.15) is 17.5 Å². The summed E-state index contributed by atoms with van der Waals surface area (Å²) < 4.78 is 13.2. The molecule has 3 nitrogen and oxygen atoms in total. The molecule has 16 heavy (non-hydrogen) atoms. The molecule has 0 aliphatic rings. The molecule has 0 saturated heterocycles. The summed E-state index contributed by atoms with van der Waals surface area (Å²) in [7, 11) is 0. The van der Waals surface area contributed by atoms with Crippen LogP contribution in [0.25, 0.3) is 6.08 Å². The second-order valence-electron chi connectivity index (χ2n) is 3.26. The number of rotatable bonds is 4. The number of benzene rings is 1. The average molecular weight is 218 g/mol. The predicted octanol–water partition coefficient (Wildman–Crippen LogP) is 1.78. The van der Waals surface area contributed by atoms with Gasteiger partial charge in [0.05, 0.1) is 12.5 Å². The topological polar surface area (TPSA) is 66.9 Å².